The van der Waals surface area contributed by atoms with Crippen molar-refractivity contribution in [1.29, 1.82) is 0 Å². The monoisotopic (exact) mass is 295 g/mol. The predicted molar refractivity (Wildman–Crippen MR) is 73.3 cm³/mol. The summed E-state index contributed by atoms with van der Waals surface area (Å²) < 4.78 is 23.1. The lowest BCUT2D eigenvalue weighted by Crippen LogP contribution is -2.40. The first-order valence-electron chi connectivity index (χ1n) is 6.93. The number of esters is 1. The molecule has 1 aromatic carbocycles. The minimum atomic E-state index is -0.427. The molecule has 1 aliphatic rings. The molecule has 0 unspecified atom stereocenters. The third-order valence-corrected chi connectivity index (χ3v) is 3.07. The van der Waals surface area contributed by atoms with Crippen LogP contribution in [0.1, 0.15) is 19.8 Å². The van der Waals surface area contributed by atoms with Crippen LogP contribution in [-0.4, -0.2) is 42.6 Å². The SMILES string of the molecule is CCOC(=O)CN(C(=O)COc1cccc(F)c1)C1CC1. The Morgan fingerprint density at radius 3 is 2.76 bits per heavy atom. The van der Waals surface area contributed by atoms with Gasteiger partial charge in [-0.25, -0.2) is 4.39 Å². The van der Waals surface area contributed by atoms with E-state index in [1.165, 1.54) is 23.1 Å². The highest BCUT2D eigenvalue weighted by Gasteiger charge is 2.34. The lowest BCUT2D eigenvalue weighted by molar-refractivity contribution is -0.150. The van der Waals surface area contributed by atoms with Crippen molar-refractivity contribution in [1.82, 2.24) is 4.90 Å². The molecule has 21 heavy (non-hydrogen) atoms. The fourth-order valence-corrected chi connectivity index (χ4v) is 1.94. The van der Waals surface area contributed by atoms with Gasteiger partial charge in [-0.1, -0.05) is 6.07 Å². The van der Waals surface area contributed by atoms with Gasteiger partial charge in [-0.3, -0.25) is 9.59 Å². The molecule has 1 aliphatic carbocycles. The second kappa shape index (κ2) is 7.06. The molecule has 0 N–H and O–H groups in total. The molecule has 0 radical (unpaired) electrons. The Morgan fingerprint density at radius 2 is 2.14 bits per heavy atom. The summed E-state index contributed by atoms with van der Waals surface area (Å²) in [5, 5.41) is 0. The first kappa shape index (κ1) is 15.3. The van der Waals surface area contributed by atoms with Crippen LogP contribution in [0.15, 0.2) is 24.3 Å². The van der Waals surface area contributed by atoms with Crippen LogP contribution >= 0.6 is 0 Å². The van der Waals surface area contributed by atoms with E-state index in [1.54, 1.807) is 13.0 Å². The summed E-state index contributed by atoms with van der Waals surface area (Å²) in [5.74, 6) is -0.862. The number of hydrogen-bond acceptors (Lipinski definition) is 4. The summed E-state index contributed by atoms with van der Waals surface area (Å²) in [7, 11) is 0. The summed E-state index contributed by atoms with van der Waals surface area (Å²) in [4.78, 5) is 25.1. The molecule has 0 aliphatic heterocycles. The molecule has 6 heteroatoms. The highest BCUT2D eigenvalue weighted by Crippen LogP contribution is 2.27. The maximum atomic E-state index is 13.0. The molecular formula is C15H18FNO4. The number of rotatable bonds is 7. The van der Waals surface area contributed by atoms with Crippen LogP contribution in [-0.2, 0) is 14.3 Å². The predicted octanol–water partition coefficient (Wildman–Crippen LogP) is 1.76. The topological polar surface area (TPSA) is 55.8 Å². The first-order chi connectivity index (χ1) is 10.1. The quantitative estimate of drug-likeness (QED) is 0.719. The van der Waals surface area contributed by atoms with Gasteiger partial charge in [-0.2, -0.15) is 0 Å². The number of benzene rings is 1. The van der Waals surface area contributed by atoms with E-state index < -0.39 is 11.8 Å². The molecule has 1 amide bonds. The van der Waals surface area contributed by atoms with E-state index in [4.69, 9.17) is 9.47 Å². The van der Waals surface area contributed by atoms with Crippen molar-refractivity contribution in [3.63, 3.8) is 0 Å². The maximum absolute atomic E-state index is 13.0. The van der Waals surface area contributed by atoms with Gasteiger partial charge in [0.1, 0.15) is 18.1 Å². The number of halogens is 1. The zero-order valence-electron chi connectivity index (χ0n) is 11.9. The van der Waals surface area contributed by atoms with E-state index in [0.717, 1.165) is 12.8 Å². The summed E-state index contributed by atoms with van der Waals surface area (Å²) in [6.07, 6.45) is 1.76. The van der Waals surface area contributed by atoms with Crippen LogP contribution in [0.4, 0.5) is 4.39 Å². The van der Waals surface area contributed by atoms with Crippen LogP contribution in [0.3, 0.4) is 0 Å². The molecule has 1 fully saturated rings. The first-order valence-corrected chi connectivity index (χ1v) is 6.93. The van der Waals surface area contributed by atoms with Crippen LogP contribution in [0.5, 0.6) is 5.75 Å². The van der Waals surface area contributed by atoms with Crippen molar-refractivity contribution < 1.29 is 23.5 Å². The lowest BCUT2D eigenvalue weighted by Gasteiger charge is -2.21. The number of carbonyl (C=O) groups is 2. The second-order valence-electron chi connectivity index (χ2n) is 4.80. The van der Waals surface area contributed by atoms with Crippen molar-refractivity contribution in [2.75, 3.05) is 19.8 Å². The van der Waals surface area contributed by atoms with Crippen LogP contribution in [0, 0.1) is 5.82 Å². The average molecular weight is 295 g/mol. The second-order valence-corrected chi connectivity index (χ2v) is 4.80. The fraction of sp³-hybridized carbons (Fsp3) is 0.467. The van der Waals surface area contributed by atoms with Gasteiger partial charge >= 0.3 is 5.97 Å². The molecule has 1 aromatic rings. The van der Waals surface area contributed by atoms with Crippen molar-refractivity contribution in [2.24, 2.45) is 0 Å². The largest absolute Gasteiger partial charge is 0.484 e. The van der Waals surface area contributed by atoms with Crippen molar-refractivity contribution in [3.05, 3.63) is 30.1 Å². The molecule has 0 bridgehead atoms. The van der Waals surface area contributed by atoms with Crippen LogP contribution in [0.2, 0.25) is 0 Å². The number of amides is 1. The molecule has 0 aromatic heterocycles. The van der Waals surface area contributed by atoms with E-state index in [1.807, 2.05) is 0 Å². The van der Waals surface area contributed by atoms with Gasteiger partial charge in [-0.15, -0.1) is 0 Å². The standard InChI is InChI=1S/C15H18FNO4/c1-2-20-15(19)9-17(12-6-7-12)14(18)10-21-13-5-3-4-11(16)8-13/h3-5,8,12H,2,6-7,9-10H2,1H3. The Morgan fingerprint density at radius 1 is 1.38 bits per heavy atom. The normalized spacial score (nSPS) is 13.6. The Kier molecular flexibility index (Phi) is 5.14. The maximum Gasteiger partial charge on any atom is 0.325 e. The van der Waals surface area contributed by atoms with E-state index >= 15 is 0 Å². The van der Waals surface area contributed by atoms with E-state index in [-0.39, 0.29) is 37.5 Å². The molecule has 1 saturated carbocycles. The minimum absolute atomic E-state index is 0.0656. The molecule has 0 atom stereocenters. The zero-order chi connectivity index (χ0) is 15.2. The number of hydrogen-bond donors (Lipinski definition) is 0. The number of nitrogens with zero attached hydrogens (tertiary/aromatic N) is 1. The van der Waals surface area contributed by atoms with Crippen molar-refractivity contribution >= 4 is 11.9 Å². The molecule has 0 spiro atoms. The Bertz CT molecular complexity index is 516. The molecule has 5 nitrogen and oxygen atoms in total. The van der Waals surface area contributed by atoms with Crippen LogP contribution < -0.4 is 4.74 Å². The molecule has 0 saturated heterocycles. The number of carbonyl (C=O) groups excluding carboxylic acids is 2. The van der Waals surface area contributed by atoms with Gasteiger partial charge in [0.05, 0.1) is 6.61 Å². The lowest BCUT2D eigenvalue weighted by atomic mass is 10.3. The van der Waals surface area contributed by atoms with Gasteiger partial charge in [0.25, 0.3) is 5.91 Å². The van der Waals surface area contributed by atoms with Crippen molar-refractivity contribution in [3.8, 4) is 5.75 Å². The Balaban J connectivity index is 1.88. The van der Waals surface area contributed by atoms with E-state index in [2.05, 4.69) is 0 Å². The molecular weight excluding hydrogens is 277 g/mol. The van der Waals surface area contributed by atoms with Gasteiger partial charge in [0.2, 0.25) is 0 Å². The smallest absolute Gasteiger partial charge is 0.325 e. The highest BCUT2D eigenvalue weighted by atomic mass is 19.1. The van der Waals surface area contributed by atoms with E-state index in [9.17, 15) is 14.0 Å². The summed E-state index contributed by atoms with van der Waals surface area (Å²) >= 11 is 0. The number of ether oxygens (including phenoxy) is 2. The Hall–Kier alpha value is -2.11. The van der Waals surface area contributed by atoms with Crippen molar-refractivity contribution in [2.45, 2.75) is 25.8 Å². The zero-order valence-corrected chi connectivity index (χ0v) is 11.9. The van der Waals surface area contributed by atoms with Crippen LogP contribution in [0.25, 0.3) is 0 Å². The minimum Gasteiger partial charge on any atom is -0.484 e. The molecule has 114 valence electrons. The van der Waals surface area contributed by atoms with E-state index in [0.29, 0.717) is 0 Å². The van der Waals surface area contributed by atoms with Gasteiger partial charge < -0.3 is 14.4 Å². The third kappa shape index (κ3) is 4.73. The Labute approximate surface area is 122 Å². The molecule has 2 rings (SSSR count). The highest BCUT2D eigenvalue weighted by molar-refractivity contribution is 5.83. The third-order valence-electron chi connectivity index (χ3n) is 3.07. The average Bonchev–Trinajstić information content (AvgIpc) is 3.27. The molecule has 0 heterocycles. The summed E-state index contributed by atoms with van der Waals surface area (Å²) in [6, 6.07) is 5.67. The summed E-state index contributed by atoms with van der Waals surface area (Å²) in [6.45, 7) is 1.71. The summed E-state index contributed by atoms with van der Waals surface area (Å²) in [5.41, 5.74) is 0. The van der Waals surface area contributed by atoms with Gasteiger partial charge in [0.15, 0.2) is 6.61 Å². The van der Waals surface area contributed by atoms with Gasteiger partial charge in [0, 0.05) is 12.1 Å². The van der Waals surface area contributed by atoms with Gasteiger partial charge in [-0.05, 0) is 31.9 Å². The fourth-order valence-electron chi connectivity index (χ4n) is 1.94.